The number of carbonyl (C=O) groups is 1. The summed E-state index contributed by atoms with van der Waals surface area (Å²) in [5.41, 5.74) is -0.543. The van der Waals surface area contributed by atoms with Crippen molar-refractivity contribution in [1.29, 1.82) is 5.26 Å². The predicted molar refractivity (Wildman–Crippen MR) is 58.1 cm³/mol. The summed E-state index contributed by atoms with van der Waals surface area (Å²) in [6, 6.07) is 3.18. The van der Waals surface area contributed by atoms with Gasteiger partial charge in [-0.3, -0.25) is 4.79 Å². The number of nitrogens with zero attached hydrogens (tertiary/aromatic N) is 1. The average molecular weight is 273 g/mol. The number of ether oxygens (including phenoxy) is 2. The molecule has 1 rings (SSSR count). The molecule has 0 aliphatic rings. The Bertz CT molecular complexity index is 512. The van der Waals surface area contributed by atoms with E-state index in [1.807, 2.05) is 0 Å². The Morgan fingerprint density at radius 1 is 1.47 bits per heavy atom. The number of alkyl halides is 2. The van der Waals surface area contributed by atoms with Gasteiger partial charge in [0.1, 0.15) is 17.6 Å². The summed E-state index contributed by atoms with van der Waals surface area (Å²) < 4.78 is 46.5. The van der Waals surface area contributed by atoms with Gasteiger partial charge in [0, 0.05) is 5.56 Å². The van der Waals surface area contributed by atoms with E-state index in [4.69, 9.17) is 5.26 Å². The van der Waals surface area contributed by atoms with Crippen LogP contribution >= 0.6 is 0 Å². The third kappa shape index (κ3) is 4.17. The van der Waals surface area contributed by atoms with Gasteiger partial charge in [0.05, 0.1) is 18.6 Å². The van der Waals surface area contributed by atoms with E-state index in [-0.39, 0.29) is 17.7 Å². The first kappa shape index (κ1) is 14.8. The summed E-state index contributed by atoms with van der Waals surface area (Å²) in [4.78, 5) is 11.2. The Hall–Kier alpha value is -2.23. The Balaban J connectivity index is 3.05. The average Bonchev–Trinajstić information content (AvgIpc) is 2.32. The molecule has 102 valence electrons. The minimum atomic E-state index is -3.15. The topological polar surface area (TPSA) is 59.3 Å². The first-order chi connectivity index (χ1) is 8.97. The zero-order chi connectivity index (χ0) is 14.4. The van der Waals surface area contributed by atoms with Crippen molar-refractivity contribution in [2.24, 2.45) is 0 Å². The summed E-state index contributed by atoms with van der Waals surface area (Å²) in [6.07, 6.45) is -0.426. The lowest BCUT2D eigenvalue weighted by Crippen LogP contribution is -2.10. The maximum Gasteiger partial charge on any atom is 0.387 e. The van der Waals surface area contributed by atoms with Crippen LogP contribution in [0.3, 0.4) is 0 Å². The van der Waals surface area contributed by atoms with E-state index in [1.54, 1.807) is 6.92 Å². The van der Waals surface area contributed by atoms with Crippen molar-refractivity contribution in [3.05, 3.63) is 29.1 Å². The van der Waals surface area contributed by atoms with Crippen LogP contribution in [0, 0.1) is 17.1 Å². The molecular formula is C12H10F3NO3. The smallest absolute Gasteiger partial charge is 0.387 e. The van der Waals surface area contributed by atoms with E-state index in [2.05, 4.69) is 9.47 Å². The van der Waals surface area contributed by atoms with Gasteiger partial charge in [0.15, 0.2) is 0 Å². The molecule has 1 aromatic carbocycles. The third-order valence-corrected chi connectivity index (χ3v) is 2.13. The van der Waals surface area contributed by atoms with Crippen LogP contribution in [0.4, 0.5) is 13.2 Å². The van der Waals surface area contributed by atoms with Gasteiger partial charge in [0.2, 0.25) is 0 Å². The van der Waals surface area contributed by atoms with E-state index >= 15 is 0 Å². The molecule has 4 nitrogen and oxygen atoms in total. The zero-order valence-electron chi connectivity index (χ0n) is 9.95. The lowest BCUT2D eigenvalue weighted by atomic mass is 10.1. The van der Waals surface area contributed by atoms with Gasteiger partial charge >= 0.3 is 12.6 Å². The number of hydrogen-bond donors (Lipinski definition) is 0. The van der Waals surface area contributed by atoms with Gasteiger partial charge in [-0.15, -0.1) is 0 Å². The van der Waals surface area contributed by atoms with E-state index in [0.29, 0.717) is 0 Å². The van der Waals surface area contributed by atoms with Crippen LogP contribution in [0.1, 0.15) is 18.1 Å². The molecule has 0 heterocycles. The molecule has 0 atom stereocenters. The molecular weight excluding hydrogens is 263 g/mol. The van der Waals surface area contributed by atoms with Gasteiger partial charge in [0.25, 0.3) is 0 Å². The molecule has 0 aliphatic heterocycles. The van der Waals surface area contributed by atoms with E-state index in [9.17, 15) is 18.0 Å². The normalized spacial score (nSPS) is 10.1. The van der Waals surface area contributed by atoms with Crippen molar-refractivity contribution in [2.75, 3.05) is 6.61 Å². The molecule has 0 radical (unpaired) electrons. The quantitative estimate of drug-likeness (QED) is 0.773. The second kappa shape index (κ2) is 6.64. The Labute approximate surface area is 107 Å². The van der Waals surface area contributed by atoms with Crippen molar-refractivity contribution in [2.45, 2.75) is 20.0 Å². The Morgan fingerprint density at radius 3 is 2.68 bits per heavy atom. The van der Waals surface area contributed by atoms with Crippen LogP contribution in [0.2, 0.25) is 0 Å². The summed E-state index contributed by atoms with van der Waals surface area (Å²) >= 11 is 0. The van der Waals surface area contributed by atoms with Crippen molar-refractivity contribution >= 4 is 5.97 Å². The molecule has 19 heavy (non-hydrogen) atoms. The molecule has 0 spiro atoms. The number of hydrogen-bond acceptors (Lipinski definition) is 4. The molecule has 0 aromatic heterocycles. The molecule has 0 aliphatic carbocycles. The highest BCUT2D eigenvalue weighted by Gasteiger charge is 2.16. The van der Waals surface area contributed by atoms with Crippen LogP contribution in [-0.4, -0.2) is 19.2 Å². The van der Waals surface area contributed by atoms with Crippen LogP contribution < -0.4 is 4.74 Å². The molecule has 0 amide bonds. The standard InChI is InChI=1S/C12H10F3NO3/c1-2-18-11(17)5-7-4-10(19-12(14)15)8(6-16)3-9(7)13/h3-4,12H,2,5H2,1H3. The fourth-order valence-electron chi connectivity index (χ4n) is 1.38. The molecule has 7 heteroatoms. The van der Waals surface area contributed by atoms with Crippen LogP contribution in [0.15, 0.2) is 12.1 Å². The third-order valence-electron chi connectivity index (χ3n) is 2.13. The fourth-order valence-corrected chi connectivity index (χ4v) is 1.38. The molecule has 0 unspecified atom stereocenters. The molecule has 0 saturated heterocycles. The van der Waals surface area contributed by atoms with Crippen LogP contribution in [0.25, 0.3) is 0 Å². The molecule has 0 fully saturated rings. The number of esters is 1. The van der Waals surface area contributed by atoms with Gasteiger partial charge in [-0.1, -0.05) is 0 Å². The van der Waals surface area contributed by atoms with Crippen molar-refractivity contribution in [3.8, 4) is 11.8 Å². The number of carbonyl (C=O) groups excluding carboxylic acids is 1. The Morgan fingerprint density at radius 2 is 2.16 bits per heavy atom. The maximum atomic E-state index is 13.6. The van der Waals surface area contributed by atoms with E-state index in [0.717, 1.165) is 12.1 Å². The second-order valence-corrected chi connectivity index (χ2v) is 3.41. The van der Waals surface area contributed by atoms with E-state index < -0.39 is 30.6 Å². The van der Waals surface area contributed by atoms with Gasteiger partial charge in [-0.05, 0) is 19.1 Å². The largest absolute Gasteiger partial charge is 0.466 e. The molecule has 0 N–H and O–H groups in total. The summed E-state index contributed by atoms with van der Waals surface area (Å²) in [5.74, 6) is -2.03. The highest BCUT2D eigenvalue weighted by molar-refractivity contribution is 5.73. The number of halogens is 3. The molecule has 0 saturated carbocycles. The van der Waals surface area contributed by atoms with Gasteiger partial charge < -0.3 is 9.47 Å². The zero-order valence-corrected chi connectivity index (χ0v) is 9.95. The van der Waals surface area contributed by atoms with Crippen molar-refractivity contribution in [3.63, 3.8) is 0 Å². The van der Waals surface area contributed by atoms with Crippen molar-refractivity contribution in [1.82, 2.24) is 0 Å². The highest BCUT2D eigenvalue weighted by Crippen LogP contribution is 2.24. The first-order valence-corrected chi connectivity index (χ1v) is 5.30. The lowest BCUT2D eigenvalue weighted by Gasteiger charge is -2.09. The Kier molecular flexibility index (Phi) is 5.18. The second-order valence-electron chi connectivity index (χ2n) is 3.41. The maximum absolute atomic E-state index is 13.6. The number of nitriles is 1. The lowest BCUT2D eigenvalue weighted by molar-refractivity contribution is -0.142. The van der Waals surface area contributed by atoms with Crippen molar-refractivity contribution < 1.29 is 27.4 Å². The molecule has 0 bridgehead atoms. The predicted octanol–water partition coefficient (Wildman–Crippen LogP) is 2.40. The SMILES string of the molecule is CCOC(=O)Cc1cc(OC(F)F)c(C#N)cc1F. The van der Waals surface area contributed by atoms with Gasteiger partial charge in [-0.2, -0.15) is 14.0 Å². The van der Waals surface area contributed by atoms with Crippen LogP contribution in [0.5, 0.6) is 5.75 Å². The van der Waals surface area contributed by atoms with E-state index in [1.165, 1.54) is 6.07 Å². The van der Waals surface area contributed by atoms with Crippen LogP contribution in [-0.2, 0) is 16.0 Å². The summed E-state index contributed by atoms with van der Waals surface area (Å²) in [6.45, 7) is -1.44. The minimum absolute atomic E-state index is 0.122. The molecule has 1 aromatic rings. The number of rotatable bonds is 5. The fraction of sp³-hybridized carbons (Fsp3) is 0.333. The monoisotopic (exact) mass is 273 g/mol. The summed E-state index contributed by atoms with van der Waals surface area (Å²) in [5, 5.41) is 8.68. The highest BCUT2D eigenvalue weighted by atomic mass is 19.3. The number of benzene rings is 1. The summed E-state index contributed by atoms with van der Waals surface area (Å²) in [7, 11) is 0. The first-order valence-electron chi connectivity index (χ1n) is 5.30. The minimum Gasteiger partial charge on any atom is -0.466 e. The van der Waals surface area contributed by atoms with Gasteiger partial charge in [-0.25, -0.2) is 4.39 Å².